The second kappa shape index (κ2) is 4.69. The van der Waals surface area contributed by atoms with E-state index in [9.17, 15) is 14.7 Å². The van der Waals surface area contributed by atoms with Gasteiger partial charge in [0, 0.05) is 13.1 Å². The first-order valence-corrected chi connectivity index (χ1v) is 5.60. The maximum absolute atomic E-state index is 11.7. The smallest absolute Gasteiger partial charge is 0.325 e. The molecule has 0 radical (unpaired) electrons. The Labute approximate surface area is 104 Å². The highest BCUT2D eigenvalue weighted by Crippen LogP contribution is 2.19. The first-order valence-electron chi connectivity index (χ1n) is 5.60. The number of carbonyl (C=O) groups excluding carboxylic acids is 2. The molecule has 4 amide bonds. The molecule has 98 valence electrons. The largest absolute Gasteiger partial charge is 0.466 e. The van der Waals surface area contributed by atoms with Crippen molar-refractivity contribution in [3.8, 4) is 0 Å². The molecule has 0 spiro atoms. The van der Waals surface area contributed by atoms with Crippen molar-refractivity contribution >= 4 is 12.1 Å². The average molecular weight is 253 g/mol. The first kappa shape index (κ1) is 12.4. The molecule has 7 heteroatoms. The summed E-state index contributed by atoms with van der Waals surface area (Å²) in [6, 6.07) is 2.32. The van der Waals surface area contributed by atoms with Crippen LogP contribution < -0.4 is 10.6 Å². The maximum atomic E-state index is 11.7. The summed E-state index contributed by atoms with van der Waals surface area (Å²) in [6.07, 6.45) is 1.44. The molecule has 0 aromatic carbocycles. The highest BCUT2D eigenvalue weighted by atomic mass is 16.4. The molecule has 2 rings (SSSR count). The number of urea groups is 2. The fraction of sp³-hybridized carbons (Fsp3) is 0.455. The highest BCUT2D eigenvalue weighted by molar-refractivity contribution is 5.94. The Bertz CT molecular complexity index is 441. The second-order valence-corrected chi connectivity index (χ2v) is 4.29. The minimum Gasteiger partial charge on any atom is -0.466 e. The van der Waals surface area contributed by atoms with Crippen molar-refractivity contribution in [1.29, 1.82) is 0 Å². The van der Waals surface area contributed by atoms with E-state index in [-0.39, 0.29) is 6.54 Å². The van der Waals surface area contributed by atoms with Crippen LogP contribution in [0.2, 0.25) is 0 Å². The summed E-state index contributed by atoms with van der Waals surface area (Å²) in [5.41, 5.74) is -1.31. The molecule has 1 aromatic rings. The van der Waals surface area contributed by atoms with E-state index in [1.54, 1.807) is 12.1 Å². The molecule has 0 aliphatic carbocycles. The molecule has 1 aromatic heterocycles. The van der Waals surface area contributed by atoms with Gasteiger partial charge in [0.05, 0.1) is 12.8 Å². The van der Waals surface area contributed by atoms with Crippen molar-refractivity contribution in [1.82, 2.24) is 15.5 Å². The van der Waals surface area contributed by atoms with Gasteiger partial charge in [0.2, 0.25) is 0 Å². The average Bonchev–Trinajstić information content (AvgIpc) is 2.96. The lowest BCUT2D eigenvalue weighted by molar-refractivity contribution is 0.0359. The quantitative estimate of drug-likeness (QED) is 0.718. The van der Waals surface area contributed by atoms with Crippen molar-refractivity contribution in [2.75, 3.05) is 19.6 Å². The molecule has 18 heavy (non-hydrogen) atoms. The molecule has 1 unspecified atom stereocenters. The number of nitrogens with zero attached hydrogens (tertiary/aromatic N) is 1. The Morgan fingerprint density at radius 2 is 2.50 bits per heavy atom. The fourth-order valence-electron chi connectivity index (χ4n) is 1.68. The van der Waals surface area contributed by atoms with Gasteiger partial charge in [-0.1, -0.05) is 0 Å². The van der Waals surface area contributed by atoms with E-state index >= 15 is 0 Å². The number of imide groups is 1. The summed E-state index contributed by atoms with van der Waals surface area (Å²) in [7, 11) is 0. The Kier molecular flexibility index (Phi) is 3.24. The SMILES string of the molecule is CC(O)(CNC(=O)N1CCNC1=O)c1ccco1. The third-order valence-corrected chi connectivity index (χ3v) is 2.74. The minimum atomic E-state index is -1.31. The summed E-state index contributed by atoms with van der Waals surface area (Å²) < 4.78 is 5.08. The molecule has 1 saturated heterocycles. The standard InChI is InChI=1S/C11H15N3O4/c1-11(17,8-3-2-6-18-8)7-13-10(16)14-5-4-12-9(14)15/h2-3,6,17H,4-5,7H2,1H3,(H,12,15)(H,13,16). The molecule has 1 aliphatic rings. The van der Waals surface area contributed by atoms with Crippen molar-refractivity contribution < 1.29 is 19.1 Å². The van der Waals surface area contributed by atoms with Crippen molar-refractivity contribution in [2.45, 2.75) is 12.5 Å². The molecule has 2 heterocycles. The van der Waals surface area contributed by atoms with Gasteiger partial charge in [-0.3, -0.25) is 0 Å². The third-order valence-electron chi connectivity index (χ3n) is 2.74. The highest BCUT2D eigenvalue weighted by Gasteiger charge is 2.30. The number of nitrogens with one attached hydrogen (secondary N) is 2. The minimum absolute atomic E-state index is 0.0386. The van der Waals surface area contributed by atoms with Gasteiger partial charge in [-0.15, -0.1) is 0 Å². The summed E-state index contributed by atoms with van der Waals surface area (Å²) >= 11 is 0. The molecule has 7 nitrogen and oxygen atoms in total. The second-order valence-electron chi connectivity index (χ2n) is 4.29. The van der Waals surface area contributed by atoms with E-state index in [1.807, 2.05) is 0 Å². The number of carbonyl (C=O) groups is 2. The van der Waals surface area contributed by atoms with Gasteiger partial charge >= 0.3 is 12.1 Å². The lowest BCUT2D eigenvalue weighted by Gasteiger charge is -2.22. The Hall–Kier alpha value is -2.02. The Balaban J connectivity index is 1.91. The predicted molar refractivity (Wildman–Crippen MR) is 61.8 cm³/mol. The van der Waals surface area contributed by atoms with Crippen LogP contribution in [0.4, 0.5) is 9.59 Å². The van der Waals surface area contributed by atoms with Crippen LogP contribution in [-0.2, 0) is 5.60 Å². The lowest BCUT2D eigenvalue weighted by Crippen LogP contribution is -2.46. The first-order chi connectivity index (χ1) is 8.50. The number of aliphatic hydroxyl groups is 1. The van der Waals surface area contributed by atoms with Crippen molar-refractivity contribution in [3.63, 3.8) is 0 Å². The van der Waals surface area contributed by atoms with Gasteiger partial charge in [-0.25, -0.2) is 14.5 Å². The van der Waals surface area contributed by atoms with Crippen LogP contribution in [-0.4, -0.2) is 41.7 Å². The lowest BCUT2D eigenvalue weighted by atomic mass is 10.0. The molecule has 1 atom stereocenters. The molecule has 0 saturated carbocycles. The van der Waals surface area contributed by atoms with E-state index in [0.717, 1.165) is 4.90 Å². The van der Waals surface area contributed by atoms with E-state index in [1.165, 1.54) is 13.2 Å². The normalized spacial score (nSPS) is 18.3. The van der Waals surface area contributed by atoms with Gasteiger partial charge < -0.3 is 20.2 Å². The van der Waals surface area contributed by atoms with Crippen LogP contribution in [0.5, 0.6) is 0 Å². The van der Waals surface area contributed by atoms with Crippen LogP contribution in [0, 0.1) is 0 Å². The fourth-order valence-corrected chi connectivity index (χ4v) is 1.68. The van der Waals surface area contributed by atoms with Gasteiger partial charge in [-0.2, -0.15) is 0 Å². The zero-order valence-electron chi connectivity index (χ0n) is 9.97. The number of hydrogen-bond acceptors (Lipinski definition) is 4. The van der Waals surface area contributed by atoms with Crippen LogP contribution in [0.15, 0.2) is 22.8 Å². The number of amides is 4. The van der Waals surface area contributed by atoms with E-state index in [4.69, 9.17) is 4.42 Å². The Morgan fingerprint density at radius 1 is 1.72 bits per heavy atom. The van der Waals surface area contributed by atoms with Gasteiger partial charge in [0.25, 0.3) is 0 Å². The van der Waals surface area contributed by atoms with E-state index in [0.29, 0.717) is 18.8 Å². The maximum Gasteiger partial charge on any atom is 0.325 e. The number of furan rings is 1. The van der Waals surface area contributed by atoms with Gasteiger partial charge in [0.1, 0.15) is 11.4 Å². The van der Waals surface area contributed by atoms with Crippen LogP contribution >= 0.6 is 0 Å². The summed E-state index contributed by atoms with van der Waals surface area (Å²) in [4.78, 5) is 24.0. The van der Waals surface area contributed by atoms with Gasteiger partial charge in [-0.05, 0) is 19.1 Å². The van der Waals surface area contributed by atoms with Crippen LogP contribution in [0.3, 0.4) is 0 Å². The van der Waals surface area contributed by atoms with Crippen molar-refractivity contribution in [3.05, 3.63) is 24.2 Å². The summed E-state index contributed by atoms with van der Waals surface area (Å²) in [5, 5.41) is 15.1. The number of hydrogen-bond donors (Lipinski definition) is 3. The number of rotatable bonds is 3. The predicted octanol–water partition coefficient (Wildman–Crippen LogP) is 0.222. The zero-order chi connectivity index (χ0) is 13.2. The topological polar surface area (TPSA) is 94.8 Å². The molecule has 3 N–H and O–H groups in total. The van der Waals surface area contributed by atoms with Crippen LogP contribution in [0.1, 0.15) is 12.7 Å². The van der Waals surface area contributed by atoms with Crippen molar-refractivity contribution in [2.24, 2.45) is 0 Å². The van der Waals surface area contributed by atoms with Crippen LogP contribution in [0.25, 0.3) is 0 Å². The van der Waals surface area contributed by atoms with E-state index in [2.05, 4.69) is 10.6 Å². The Morgan fingerprint density at radius 3 is 3.06 bits per heavy atom. The zero-order valence-corrected chi connectivity index (χ0v) is 9.97. The molecule has 0 bridgehead atoms. The van der Waals surface area contributed by atoms with Gasteiger partial charge in [0.15, 0.2) is 0 Å². The molecular formula is C11H15N3O4. The molecular weight excluding hydrogens is 238 g/mol. The molecule has 1 aliphatic heterocycles. The van der Waals surface area contributed by atoms with E-state index < -0.39 is 17.7 Å². The molecule has 1 fully saturated rings. The summed E-state index contributed by atoms with van der Waals surface area (Å²) in [5.74, 6) is 0.355. The monoisotopic (exact) mass is 253 g/mol. The summed E-state index contributed by atoms with van der Waals surface area (Å²) in [6.45, 7) is 2.26. The third kappa shape index (κ3) is 2.45.